The molecule has 21 heavy (non-hydrogen) atoms. The Bertz CT molecular complexity index is 594. The Hall–Kier alpha value is -1.91. The topological polar surface area (TPSA) is 48.4 Å². The maximum Gasteiger partial charge on any atom is 0.131 e. The molecule has 110 valence electrons. The second kappa shape index (κ2) is 6.24. The molecule has 1 aliphatic heterocycles. The molecule has 2 N–H and O–H groups in total. The van der Waals surface area contributed by atoms with Crippen LogP contribution in [0.3, 0.4) is 0 Å². The molecule has 0 bridgehead atoms. The number of piperazine rings is 1. The summed E-state index contributed by atoms with van der Waals surface area (Å²) in [5.74, 6) is 1.03. The Kier molecular flexibility index (Phi) is 4.18. The molecule has 2 heterocycles. The molecule has 1 aromatic heterocycles. The third-order valence-electron chi connectivity index (χ3n) is 3.92. The highest BCUT2D eigenvalue weighted by Crippen LogP contribution is 2.25. The second-order valence-electron chi connectivity index (χ2n) is 5.46. The number of hydrogen-bond donors (Lipinski definition) is 2. The van der Waals surface area contributed by atoms with Crippen molar-refractivity contribution in [3.05, 3.63) is 59.3 Å². The van der Waals surface area contributed by atoms with Crippen LogP contribution in [-0.2, 0) is 0 Å². The SMILES string of the molecule is Cc1cc([C@H](O)c2ccccc2)cnc1N1CCNCC1. The van der Waals surface area contributed by atoms with Gasteiger partial charge in [-0.15, -0.1) is 0 Å². The van der Waals surface area contributed by atoms with Gasteiger partial charge in [-0.25, -0.2) is 4.98 Å². The lowest BCUT2D eigenvalue weighted by molar-refractivity contribution is 0.220. The number of aliphatic hydroxyl groups excluding tert-OH is 1. The predicted molar refractivity (Wildman–Crippen MR) is 84.6 cm³/mol. The van der Waals surface area contributed by atoms with Gasteiger partial charge in [0.2, 0.25) is 0 Å². The second-order valence-corrected chi connectivity index (χ2v) is 5.46. The molecule has 3 rings (SSSR count). The lowest BCUT2D eigenvalue weighted by Gasteiger charge is -2.29. The minimum atomic E-state index is -0.616. The Morgan fingerprint density at radius 1 is 1.14 bits per heavy atom. The molecule has 4 heteroatoms. The van der Waals surface area contributed by atoms with Crippen molar-refractivity contribution < 1.29 is 5.11 Å². The standard InChI is InChI=1S/C17H21N3O/c1-13-11-15(16(21)14-5-3-2-4-6-14)12-19-17(13)20-9-7-18-8-10-20/h2-6,11-12,16,18,21H,7-10H2,1H3/t16-/m1/s1. The number of nitrogens with zero attached hydrogens (tertiary/aromatic N) is 2. The Balaban J connectivity index is 1.83. The number of nitrogens with one attached hydrogen (secondary N) is 1. The molecule has 4 nitrogen and oxygen atoms in total. The van der Waals surface area contributed by atoms with E-state index < -0.39 is 6.10 Å². The summed E-state index contributed by atoms with van der Waals surface area (Å²) in [6.07, 6.45) is 1.18. The normalized spacial score (nSPS) is 16.8. The van der Waals surface area contributed by atoms with Crippen LogP contribution in [-0.4, -0.2) is 36.3 Å². The fourth-order valence-electron chi connectivity index (χ4n) is 2.77. The van der Waals surface area contributed by atoms with E-state index in [4.69, 9.17) is 0 Å². The van der Waals surface area contributed by atoms with Crippen molar-refractivity contribution in [3.63, 3.8) is 0 Å². The van der Waals surface area contributed by atoms with Gasteiger partial charge in [0.05, 0.1) is 0 Å². The van der Waals surface area contributed by atoms with Crippen molar-refractivity contribution in [3.8, 4) is 0 Å². The largest absolute Gasteiger partial charge is 0.384 e. The molecule has 2 aromatic rings. The molecule has 0 amide bonds. The number of rotatable bonds is 3. The van der Waals surface area contributed by atoms with E-state index in [0.29, 0.717) is 0 Å². The van der Waals surface area contributed by atoms with Crippen LogP contribution in [0.25, 0.3) is 0 Å². The van der Waals surface area contributed by atoms with Gasteiger partial charge in [-0.2, -0.15) is 0 Å². The molecule has 1 aliphatic rings. The fraction of sp³-hybridized carbons (Fsp3) is 0.353. The number of pyridine rings is 1. The lowest BCUT2D eigenvalue weighted by Crippen LogP contribution is -2.44. The van der Waals surface area contributed by atoms with E-state index in [1.54, 1.807) is 6.20 Å². The van der Waals surface area contributed by atoms with Crippen molar-refractivity contribution in [2.75, 3.05) is 31.1 Å². The summed E-state index contributed by atoms with van der Waals surface area (Å²) < 4.78 is 0. The van der Waals surface area contributed by atoms with E-state index in [9.17, 15) is 5.11 Å². The number of aryl methyl sites for hydroxylation is 1. The zero-order valence-corrected chi connectivity index (χ0v) is 12.3. The van der Waals surface area contributed by atoms with Gasteiger partial charge in [-0.3, -0.25) is 0 Å². The monoisotopic (exact) mass is 283 g/mol. The quantitative estimate of drug-likeness (QED) is 0.903. The molecule has 1 aromatic carbocycles. The van der Waals surface area contributed by atoms with Crippen molar-refractivity contribution in [1.29, 1.82) is 0 Å². The van der Waals surface area contributed by atoms with Gasteiger partial charge in [0.1, 0.15) is 11.9 Å². The molecule has 1 fully saturated rings. The van der Waals surface area contributed by atoms with Crippen molar-refractivity contribution in [2.45, 2.75) is 13.0 Å². The average molecular weight is 283 g/mol. The molecule has 0 radical (unpaired) electrons. The summed E-state index contributed by atoms with van der Waals surface area (Å²) in [6, 6.07) is 11.7. The van der Waals surface area contributed by atoms with Crippen LogP contribution in [0.5, 0.6) is 0 Å². The van der Waals surface area contributed by atoms with Crippen LogP contribution in [0.15, 0.2) is 42.6 Å². The van der Waals surface area contributed by atoms with E-state index in [1.165, 1.54) is 0 Å². The lowest BCUT2D eigenvalue weighted by atomic mass is 10.0. The number of hydrogen-bond acceptors (Lipinski definition) is 4. The van der Waals surface area contributed by atoms with E-state index in [2.05, 4.69) is 22.1 Å². The summed E-state index contributed by atoms with van der Waals surface area (Å²) in [5.41, 5.74) is 2.86. The molecule has 0 spiro atoms. The Morgan fingerprint density at radius 2 is 1.86 bits per heavy atom. The molecule has 0 unspecified atom stereocenters. The van der Waals surface area contributed by atoms with Gasteiger partial charge in [0.25, 0.3) is 0 Å². The Morgan fingerprint density at radius 3 is 2.52 bits per heavy atom. The van der Waals surface area contributed by atoms with E-state index in [1.807, 2.05) is 36.4 Å². The zero-order valence-electron chi connectivity index (χ0n) is 12.3. The van der Waals surface area contributed by atoms with Crippen molar-refractivity contribution in [2.24, 2.45) is 0 Å². The average Bonchev–Trinajstić information content (AvgIpc) is 2.55. The van der Waals surface area contributed by atoms with E-state index in [-0.39, 0.29) is 0 Å². The summed E-state index contributed by atoms with van der Waals surface area (Å²) in [5, 5.41) is 13.8. The first-order chi connectivity index (χ1) is 10.3. The van der Waals surface area contributed by atoms with Crippen LogP contribution in [0.4, 0.5) is 5.82 Å². The third-order valence-corrected chi connectivity index (χ3v) is 3.92. The first-order valence-corrected chi connectivity index (χ1v) is 7.41. The van der Waals surface area contributed by atoms with Gasteiger partial charge < -0.3 is 15.3 Å². The van der Waals surface area contributed by atoms with Gasteiger partial charge >= 0.3 is 0 Å². The van der Waals surface area contributed by atoms with Gasteiger partial charge in [0.15, 0.2) is 0 Å². The first-order valence-electron chi connectivity index (χ1n) is 7.41. The highest BCUT2D eigenvalue weighted by Gasteiger charge is 2.16. The first kappa shape index (κ1) is 14.0. The molecule has 1 atom stereocenters. The predicted octanol–water partition coefficient (Wildman–Crippen LogP) is 1.88. The maximum atomic E-state index is 10.5. The number of benzene rings is 1. The summed E-state index contributed by atoms with van der Waals surface area (Å²) in [7, 11) is 0. The number of aromatic nitrogens is 1. The smallest absolute Gasteiger partial charge is 0.131 e. The summed E-state index contributed by atoms with van der Waals surface area (Å²) in [6.45, 7) is 6.01. The van der Waals surface area contributed by atoms with Gasteiger partial charge in [-0.1, -0.05) is 30.3 Å². The summed E-state index contributed by atoms with van der Waals surface area (Å²) in [4.78, 5) is 6.88. The third kappa shape index (κ3) is 3.06. The fourth-order valence-corrected chi connectivity index (χ4v) is 2.77. The molecule has 0 saturated carbocycles. The maximum absolute atomic E-state index is 10.5. The van der Waals surface area contributed by atoms with E-state index >= 15 is 0 Å². The van der Waals surface area contributed by atoms with Gasteiger partial charge in [0, 0.05) is 37.9 Å². The minimum Gasteiger partial charge on any atom is -0.384 e. The van der Waals surface area contributed by atoms with Crippen molar-refractivity contribution >= 4 is 5.82 Å². The van der Waals surface area contributed by atoms with Crippen LogP contribution >= 0.6 is 0 Å². The van der Waals surface area contributed by atoms with Crippen LogP contribution < -0.4 is 10.2 Å². The van der Waals surface area contributed by atoms with Crippen LogP contribution in [0, 0.1) is 6.92 Å². The zero-order chi connectivity index (χ0) is 14.7. The number of anilines is 1. The van der Waals surface area contributed by atoms with Crippen LogP contribution in [0.2, 0.25) is 0 Å². The number of aliphatic hydroxyl groups is 1. The highest BCUT2D eigenvalue weighted by atomic mass is 16.3. The van der Waals surface area contributed by atoms with Crippen molar-refractivity contribution in [1.82, 2.24) is 10.3 Å². The molecule has 0 aliphatic carbocycles. The van der Waals surface area contributed by atoms with E-state index in [0.717, 1.165) is 48.7 Å². The summed E-state index contributed by atoms with van der Waals surface area (Å²) >= 11 is 0. The van der Waals surface area contributed by atoms with Crippen LogP contribution in [0.1, 0.15) is 22.8 Å². The molecular weight excluding hydrogens is 262 g/mol. The Labute approximate surface area is 125 Å². The minimum absolute atomic E-state index is 0.616. The van der Waals surface area contributed by atoms with Gasteiger partial charge in [-0.05, 0) is 24.1 Å². The molecule has 1 saturated heterocycles. The molecular formula is C17H21N3O. The highest BCUT2D eigenvalue weighted by molar-refractivity contribution is 5.48.